The summed E-state index contributed by atoms with van der Waals surface area (Å²) in [4.78, 5) is 31.9. The molecule has 1 saturated heterocycles. The fourth-order valence-electron chi connectivity index (χ4n) is 1.34. The van der Waals surface area contributed by atoms with Gasteiger partial charge in [-0.15, -0.1) is 11.8 Å². The van der Waals surface area contributed by atoms with E-state index in [-0.39, 0.29) is 17.0 Å². The Kier molecular flexibility index (Phi) is 4.45. The molecule has 0 aromatic carbocycles. The van der Waals surface area contributed by atoms with Crippen LogP contribution >= 0.6 is 11.8 Å². The number of thioether (sulfide) groups is 1. The molecular weight excluding hydrogens is 291 g/mol. The molecule has 2 aliphatic heterocycles. The standard InChI is InChI=1S/C7H7NO3S.C2HF3O2/c9-5-3-6-8(5)4(7(10)11)1-2-12-6;3-2(4,5)1(6)7/h1,6H,2-3H2,(H,10,11);(H,6,7)/t6-;/m0./s1. The largest absolute Gasteiger partial charge is 0.490 e. The summed E-state index contributed by atoms with van der Waals surface area (Å²) >= 11 is 1.60. The second-order valence-electron chi connectivity index (χ2n) is 3.45. The van der Waals surface area contributed by atoms with Crippen LogP contribution in [-0.2, 0) is 14.4 Å². The van der Waals surface area contributed by atoms with Gasteiger partial charge >= 0.3 is 18.1 Å². The Bertz CT molecular complexity index is 448. The molecule has 6 nitrogen and oxygen atoms in total. The first-order valence-electron chi connectivity index (χ1n) is 4.82. The van der Waals surface area contributed by atoms with Gasteiger partial charge in [0, 0.05) is 5.75 Å². The fraction of sp³-hybridized carbons (Fsp3) is 0.444. The number of aliphatic carboxylic acids is 2. The topological polar surface area (TPSA) is 94.9 Å². The Morgan fingerprint density at radius 1 is 1.37 bits per heavy atom. The van der Waals surface area contributed by atoms with Crippen molar-refractivity contribution in [1.29, 1.82) is 0 Å². The van der Waals surface area contributed by atoms with E-state index in [4.69, 9.17) is 15.0 Å². The lowest BCUT2D eigenvalue weighted by atomic mass is 10.1. The summed E-state index contributed by atoms with van der Waals surface area (Å²) in [6.07, 6.45) is -3.02. The molecule has 2 rings (SSSR count). The normalized spacial score (nSPS) is 21.4. The van der Waals surface area contributed by atoms with E-state index in [0.717, 1.165) is 0 Å². The number of amides is 1. The SMILES string of the molecule is O=C(O)C(F)(F)F.O=C(O)C1=CCS[C@H]2CC(=O)N12. The number of carbonyl (C=O) groups is 3. The van der Waals surface area contributed by atoms with Crippen molar-refractivity contribution in [2.45, 2.75) is 18.0 Å². The van der Waals surface area contributed by atoms with Gasteiger partial charge in [-0.2, -0.15) is 13.2 Å². The molecule has 19 heavy (non-hydrogen) atoms. The lowest BCUT2D eigenvalue weighted by Crippen LogP contribution is -2.52. The van der Waals surface area contributed by atoms with E-state index in [1.165, 1.54) is 4.90 Å². The second kappa shape index (κ2) is 5.51. The molecule has 106 valence electrons. The Morgan fingerprint density at radius 2 is 1.89 bits per heavy atom. The molecule has 1 amide bonds. The minimum Gasteiger partial charge on any atom is -0.477 e. The molecule has 0 aromatic rings. The Labute approximate surface area is 108 Å². The minimum atomic E-state index is -5.08. The number of carbonyl (C=O) groups excluding carboxylic acids is 1. The molecule has 0 aromatic heterocycles. The number of halogens is 3. The highest BCUT2D eigenvalue weighted by Crippen LogP contribution is 2.36. The van der Waals surface area contributed by atoms with Gasteiger partial charge < -0.3 is 10.2 Å². The molecule has 2 heterocycles. The Balaban J connectivity index is 0.000000224. The molecule has 0 bridgehead atoms. The molecule has 0 unspecified atom stereocenters. The summed E-state index contributed by atoms with van der Waals surface area (Å²) in [7, 11) is 0. The third-order valence-corrected chi connectivity index (χ3v) is 3.31. The van der Waals surface area contributed by atoms with Crippen molar-refractivity contribution >= 4 is 29.6 Å². The highest BCUT2D eigenvalue weighted by molar-refractivity contribution is 8.00. The van der Waals surface area contributed by atoms with Crippen molar-refractivity contribution < 1.29 is 37.8 Å². The van der Waals surface area contributed by atoms with Crippen LogP contribution < -0.4 is 0 Å². The number of fused-ring (bicyclic) bond motifs is 1. The zero-order valence-electron chi connectivity index (χ0n) is 9.18. The quantitative estimate of drug-likeness (QED) is 0.698. The maximum Gasteiger partial charge on any atom is 0.490 e. The summed E-state index contributed by atoms with van der Waals surface area (Å²) in [6.45, 7) is 0. The molecule has 10 heteroatoms. The fourth-order valence-corrected chi connectivity index (χ4v) is 2.45. The minimum absolute atomic E-state index is 0.0774. The van der Waals surface area contributed by atoms with Crippen LogP contribution in [0.1, 0.15) is 6.42 Å². The van der Waals surface area contributed by atoms with E-state index < -0.39 is 18.1 Å². The van der Waals surface area contributed by atoms with Gasteiger partial charge in [0.05, 0.1) is 11.8 Å². The lowest BCUT2D eigenvalue weighted by molar-refractivity contribution is -0.192. The van der Waals surface area contributed by atoms with Crippen LogP contribution in [0.5, 0.6) is 0 Å². The van der Waals surface area contributed by atoms with Crippen LogP contribution in [0.25, 0.3) is 0 Å². The van der Waals surface area contributed by atoms with E-state index in [1.807, 2.05) is 0 Å². The monoisotopic (exact) mass is 299 g/mol. The molecule has 1 fully saturated rings. The molecular formula is C9H8F3NO5S. The van der Waals surface area contributed by atoms with Crippen LogP contribution in [0.15, 0.2) is 11.8 Å². The number of hydrogen-bond donors (Lipinski definition) is 2. The number of alkyl halides is 3. The van der Waals surface area contributed by atoms with Crippen LogP contribution in [0.3, 0.4) is 0 Å². The van der Waals surface area contributed by atoms with E-state index in [2.05, 4.69) is 0 Å². The van der Waals surface area contributed by atoms with Crippen LogP contribution in [0.4, 0.5) is 13.2 Å². The molecule has 0 radical (unpaired) electrons. The average molecular weight is 299 g/mol. The van der Waals surface area contributed by atoms with E-state index in [0.29, 0.717) is 12.2 Å². The van der Waals surface area contributed by atoms with Gasteiger partial charge in [-0.25, -0.2) is 9.59 Å². The predicted octanol–water partition coefficient (Wildman–Crippen LogP) is 0.893. The maximum atomic E-state index is 11.0. The van der Waals surface area contributed by atoms with Crippen LogP contribution in [0, 0.1) is 0 Å². The van der Waals surface area contributed by atoms with Crippen molar-refractivity contribution in [2.24, 2.45) is 0 Å². The van der Waals surface area contributed by atoms with Crippen LogP contribution in [-0.4, -0.2) is 50.3 Å². The van der Waals surface area contributed by atoms with Crippen molar-refractivity contribution in [3.05, 3.63) is 11.8 Å². The number of hydrogen-bond acceptors (Lipinski definition) is 4. The van der Waals surface area contributed by atoms with Gasteiger partial charge in [0.15, 0.2) is 0 Å². The summed E-state index contributed by atoms with van der Waals surface area (Å²) in [5.41, 5.74) is 0.148. The molecule has 2 N–H and O–H groups in total. The van der Waals surface area contributed by atoms with Crippen molar-refractivity contribution in [1.82, 2.24) is 4.90 Å². The van der Waals surface area contributed by atoms with Crippen molar-refractivity contribution in [3.8, 4) is 0 Å². The molecule has 0 saturated carbocycles. The zero-order chi connectivity index (χ0) is 14.8. The number of nitrogens with zero attached hydrogens (tertiary/aromatic N) is 1. The van der Waals surface area contributed by atoms with E-state index >= 15 is 0 Å². The Morgan fingerprint density at radius 3 is 2.21 bits per heavy atom. The number of rotatable bonds is 1. The molecule has 0 spiro atoms. The van der Waals surface area contributed by atoms with Crippen molar-refractivity contribution in [3.63, 3.8) is 0 Å². The van der Waals surface area contributed by atoms with E-state index in [1.54, 1.807) is 17.8 Å². The average Bonchev–Trinajstić information content (AvgIpc) is 2.26. The first kappa shape index (κ1) is 15.3. The highest BCUT2D eigenvalue weighted by Gasteiger charge is 2.42. The number of carboxylic acids is 2. The lowest BCUT2D eigenvalue weighted by Gasteiger charge is -2.42. The van der Waals surface area contributed by atoms with Gasteiger partial charge in [-0.3, -0.25) is 9.69 Å². The first-order chi connectivity index (χ1) is 8.64. The van der Waals surface area contributed by atoms with Gasteiger partial charge in [0.1, 0.15) is 5.70 Å². The second-order valence-corrected chi connectivity index (χ2v) is 4.66. The third kappa shape index (κ3) is 3.63. The summed E-state index contributed by atoms with van der Waals surface area (Å²) in [5, 5.41) is 15.9. The van der Waals surface area contributed by atoms with Crippen LogP contribution in [0.2, 0.25) is 0 Å². The number of carboxylic acid groups (broad SMARTS) is 2. The predicted molar refractivity (Wildman–Crippen MR) is 57.1 cm³/mol. The Hall–Kier alpha value is -1.71. The van der Waals surface area contributed by atoms with Gasteiger partial charge in [0.2, 0.25) is 5.91 Å². The molecule has 2 aliphatic rings. The van der Waals surface area contributed by atoms with Gasteiger partial charge in [0.25, 0.3) is 0 Å². The van der Waals surface area contributed by atoms with Gasteiger partial charge in [-0.1, -0.05) is 0 Å². The smallest absolute Gasteiger partial charge is 0.477 e. The summed E-state index contributed by atoms with van der Waals surface area (Å²) < 4.78 is 31.7. The summed E-state index contributed by atoms with van der Waals surface area (Å²) in [5.74, 6) is -3.16. The third-order valence-electron chi connectivity index (χ3n) is 2.19. The van der Waals surface area contributed by atoms with Crippen molar-refractivity contribution in [2.75, 3.05) is 5.75 Å². The van der Waals surface area contributed by atoms with Gasteiger partial charge in [-0.05, 0) is 6.08 Å². The molecule has 0 aliphatic carbocycles. The summed E-state index contributed by atoms with van der Waals surface area (Å²) in [6, 6.07) is 0. The highest BCUT2D eigenvalue weighted by atomic mass is 32.2. The molecule has 1 atom stereocenters. The number of β-lactam (4-membered cyclic amide) rings is 1. The maximum absolute atomic E-state index is 11.0. The van der Waals surface area contributed by atoms with E-state index in [9.17, 15) is 22.8 Å². The first-order valence-corrected chi connectivity index (χ1v) is 5.86. The zero-order valence-corrected chi connectivity index (χ0v) is 9.99.